The number of nitrogens with zero attached hydrogens (tertiary/aromatic N) is 3. The predicted octanol–water partition coefficient (Wildman–Crippen LogP) is 4.13. The van der Waals surface area contributed by atoms with E-state index in [1.54, 1.807) is 16.0 Å². The monoisotopic (exact) mass is 356 g/mol. The minimum Gasteiger partial charge on any atom is -0.460 e. The summed E-state index contributed by atoms with van der Waals surface area (Å²) in [6.45, 7) is 5.69. The van der Waals surface area contributed by atoms with Crippen molar-refractivity contribution in [2.75, 3.05) is 5.32 Å². The molecule has 0 aliphatic carbocycles. The fourth-order valence-electron chi connectivity index (χ4n) is 2.26. The van der Waals surface area contributed by atoms with Crippen LogP contribution in [0.5, 0.6) is 6.01 Å². The molecule has 130 valence electrons. The summed E-state index contributed by atoms with van der Waals surface area (Å²) in [5.74, 6) is 0.683. The van der Waals surface area contributed by atoms with Crippen LogP contribution in [0.4, 0.5) is 5.69 Å². The van der Waals surface area contributed by atoms with Crippen molar-refractivity contribution in [1.29, 1.82) is 0 Å². The van der Waals surface area contributed by atoms with Gasteiger partial charge in [0.2, 0.25) is 5.91 Å². The van der Waals surface area contributed by atoms with Gasteiger partial charge in [-0.2, -0.15) is 4.98 Å². The maximum absolute atomic E-state index is 11.6. The Hall–Kier alpha value is -2.67. The van der Waals surface area contributed by atoms with E-state index in [0.717, 1.165) is 16.3 Å². The van der Waals surface area contributed by atoms with Crippen molar-refractivity contribution in [1.82, 2.24) is 14.8 Å². The van der Waals surface area contributed by atoms with Crippen molar-refractivity contribution in [3.05, 3.63) is 41.8 Å². The highest BCUT2D eigenvalue weighted by molar-refractivity contribution is 7.13. The van der Waals surface area contributed by atoms with E-state index in [2.05, 4.69) is 15.4 Å². The molecule has 1 amide bonds. The maximum atomic E-state index is 11.6. The molecule has 2 heterocycles. The molecule has 0 saturated heterocycles. The highest BCUT2D eigenvalue weighted by Gasteiger charge is 2.16. The van der Waals surface area contributed by atoms with Gasteiger partial charge in [-0.05, 0) is 43.5 Å². The SMILES string of the molecule is CCC(=O)Nc1cccc(-n2nc(OC(C)C)nc2-c2cccs2)c1. The Morgan fingerprint density at radius 3 is 2.84 bits per heavy atom. The van der Waals surface area contributed by atoms with Gasteiger partial charge in [0.15, 0.2) is 5.82 Å². The molecule has 0 saturated carbocycles. The Balaban J connectivity index is 2.02. The molecule has 0 radical (unpaired) electrons. The molecular formula is C18H20N4O2S. The van der Waals surface area contributed by atoms with Crippen LogP contribution < -0.4 is 10.1 Å². The fourth-order valence-corrected chi connectivity index (χ4v) is 2.96. The van der Waals surface area contributed by atoms with Gasteiger partial charge in [0.25, 0.3) is 0 Å². The van der Waals surface area contributed by atoms with Crippen LogP contribution in [-0.2, 0) is 4.79 Å². The summed E-state index contributed by atoms with van der Waals surface area (Å²) in [5, 5.41) is 9.36. The minimum absolute atomic E-state index is 0.0118. The third-order valence-corrected chi connectivity index (χ3v) is 4.23. The van der Waals surface area contributed by atoms with Gasteiger partial charge in [-0.25, -0.2) is 4.68 Å². The number of carbonyl (C=O) groups is 1. The lowest BCUT2D eigenvalue weighted by atomic mass is 10.2. The zero-order valence-corrected chi connectivity index (χ0v) is 15.2. The van der Waals surface area contributed by atoms with Crippen molar-refractivity contribution in [3.8, 4) is 22.4 Å². The molecule has 1 N–H and O–H groups in total. The third-order valence-electron chi connectivity index (χ3n) is 3.37. The summed E-state index contributed by atoms with van der Waals surface area (Å²) in [4.78, 5) is 17.2. The molecule has 0 spiro atoms. The molecule has 0 aliphatic rings. The van der Waals surface area contributed by atoms with Gasteiger partial charge in [0.1, 0.15) is 0 Å². The smallest absolute Gasteiger partial charge is 0.336 e. The number of thiophene rings is 1. The summed E-state index contributed by atoms with van der Waals surface area (Å²) in [5.41, 5.74) is 1.53. The maximum Gasteiger partial charge on any atom is 0.336 e. The first kappa shape index (κ1) is 17.2. The second-order valence-corrected chi connectivity index (χ2v) is 6.67. The molecule has 1 aromatic carbocycles. The third kappa shape index (κ3) is 4.06. The van der Waals surface area contributed by atoms with Crippen LogP contribution in [0.2, 0.25) is 0 Å². The van der Waals surface area contributed by atoms with E-state index in [-0.39, 0.29) is 12.0 Å². The number of hydrogen-bond donors (Lipinski definition) is 1. The predicted molar refractivity (Wildman–Crippen MR) is 99.4 cm³/mol. The van der Waals surface area contributed by atoms with Crippen LogP contribution in [0, 0.1) is 0 Å². The average Bonchev–Trinajstić information content (AvgIpc) is 3.23. The van der Waals surface area contributed by atoms with Crippen LogP contribution in [0.1, 0.15) is 27.2 Å². The zero-order valence-electron chi connectivity index (χ0n) is 14.4. The van der Waals surface area contributed by atoms with Crippen molar-refractivity contribution in [3.63, 3.8) is 0 Å². The Bertz CT molecular complexity index is 856. The molecule has 7 heteroatoms. The summed E-state index contributed by atoms with van der Waals surface area (Å²) >= 11 is 1.59. The van der Waals surface area contributed by atoms with Gasteiger partial charge in [-0.1, -0.05) is 19.1 Å². The molecule has 0 aliphatic heterocycles. The Kier molecular flexibility index (Phi) is 5.14. The average molecular weight is 356 g/mol. The van der Waals surface area contributed by atoms with Gasteiger partial charge in [0, 0.05) is 12.1 Å². The lowest BCUT2D eigenvalue weighted by Crippen LogP contribution is -2.10. The standard InChI is InChI=1S/C18H20N4O2S/c1-4-16(23)19-13-7-5-8-14(11-13)22-17(15-9-6-10-25-15)20-18(21-22)24-12(2)3/h5-12H,4H2,1-3H3,(H,19,23). The molecule has 0 bridgehead atoms. The zero-order chi connectivity index (χ0) is 17.8. The minimum atomic E-state index is -0.0296. The largest absolute Gasteiger partial charge is 0.460 e. The second-order valence-electron chi connectivity index (χ2n) is 5.73. The normalized spacial score (nSPS) is 10.9. The van der Waals surface area contributed by atoms with Crippen LogP contribution >= 0.6 is 11.3 Å². The van der Waals surface area contributed by atoms with E-state index >= 15 is 0 Å². The van der Waals surface area contributed by atoms with Crippen LogP contribution in [0.25, 0.3) is 16.4 Å². The van der Waals surface area contributed by atoms with Crippen molar-refractivity contribution in [2.24, 2.45) is 0 Å². The fraction of sp³-hybridized carbons (Fsp3) is 0.278. The number of aromatic nitrogens is 3. The number of nitrogens with one attached hydrogen (secondary N) is 1. The molecular weight excluding hydrogens is 336 g/mol. The molecule has 3 rings (SSSR count). The van der Waals surface area contributed by atoms with Crippen molar-refractivity contribution >= 4 is 22.9 Å². The molecule has 6 nitrogen and oxygen atoms in total. The molecule has 0 unspecified atom stereocenters. The van der Waals surface area contributed by atoms with E-state index in [9.17, 15) is 4.79 Å². The van der Waals surface area contributed by atoms with Crippen LogP contribution in [-0.4, -0.2) is 26.8 Å². The molecule has 0 fully saturated rings. The van der Waals surface area contributed by atoms with Gasteiger partial charge in [-0.3, -0.25) is 4.79 Å². The van der Waals surface area contributed by atoms with Crippen LogP contribution in [0.15, 0.2) is 41.8 Å². The van der Waals surface area contributed by atoms with Crippen LogP contribution in [0.3, 0.4) is 0 Å². The number of carbonyl (C=O) groups excluding carboxylic acids is 1. The van der Waals surface area contributed by atoms with Crippen molar-refractivity contribution < 1.29 is 9.53 Å². The van der Waals surface area contributed by atoms with E-state index in [1.807, 2.05) is 62.5 Å². The van der Waals surface area contributed by atoms with Crippen molar-refractivity contribution in [2.45, 2.75) is 33.3 Å². The van der Waals surface area contributed by atoms with Gasteiger partial charge in [-0.15, -0.1) is 16.4 Å². The first-order valence-electron chi connectivity index (χ1n) is 8.14. The van der Waals surface area contributed by atoms with E-state index in [4.69, 9.17) is 4.74 Å². The van der Waals surface area contributed by atoms with Gasteiger partial charge in [0.05, 0.1) is 16.7 Å². The molecule has 25 heavy (non-hydrogen) atoms. The highest BCUT2D eigenvalue weighted by Crippen LogP contribution is 2.28. The topological polar surface area (TPSA) is 69.0 Å². The summed E-state index contributed by atoms with van der Waals surface area (Å²) in [6.07, 6.45) is 0.419. The first-order chi connectivity index (χ1) is 12.1. The Morgan fingerprint density at radius 1 is 1.32 bits per heavy atom. The lowest BCUT2D eigenvalue weighted by molar-refractivity contribution is -0.115. The van der Waals surface area contributed by atoms with E-state index in [0.29, 0.717) is 18.3 Å². The number of rotatable bonds is 6. The number of anilines is 1. The number of benzene rings is 1. The lowest BCUT2D eigenvalue weighted by Gasteiger charge is -2.08. The summed E-state index contributed by atoms with van der Waals surface area (Å²) < 4.78 is 7.40. The molecule has 2 aromatic heterocycles. The van der Waals surface area contributed by atoms with E-state index < -0.39 is 0 Å². The van der Waals surface area contributed by atoms with E-state index in [1.165, 1.54) is 0 Å². The quantitative estimate of drug-likeness (QED) is 0.721. The number of ether oxygens (including phenoxy) is 1. The summed E-state index contributed by atoms with van der Waals surface area (Å²) in [7, 11) is 0. The highest BCUT2D eigenvalue weighted by atomic mass is 32.1. The number of hydrogen-bond acceptors (Lipinski definition) is 5. The first-order valence-corrected chi connectivity index (χ1v) is 9.02. The Labute approximate surface area is 150 Å². The second kappa shape index (κ2) is 7.48. The number of amides is 1. The summed E-state index contributed by atoms with van der Waals surface area (Å²) in [6, 6.07) is 11.8. The molecule has 3 aromatic rings. The van der Waals surface area contributed by atoms with Gasteiger partial charge >= 0.3 is 6.01 Å². The van der Waals surface area contributed by atoms with Gasteiger partial charge < -0.3 is 10.1 Å². The Morgan fingerprint density at radius 2 is 2.16 bits per heavy atom. The molecule has 0 atom stereocenters.